The molecule has 1 aliphatic rings. The number of aromatic nitrogens is 1. The van der Waals surface area contributed by atoms with Crippen LogP contribution in [-0.4, -0.2) is 10.9 Å². The second-order valence-corrected chi connectivity index (χ2v) is 8.28. The maximum atomic E-state index is 11.6. The molecule has 3 aromatic carbocycles. The van der Waals surface area contributed by atoms with Crippen molar-refractivity contribution in [1.82, 2.24) is 4.98 Å². The molecule has 1 aliphatic heterocycles. The van der Waals surface area contributed by atoms with Gasteiger partial charge in [0, 0.05) is 18.2 Å². The first-order valence-corrected chi connectivity index (χ1v) is 10.7. The molecular weight excluding hydrogens is 396 g/mol. The molecule has 0 aliphatic carbocycles. The van der Waals surface area contributed by atoms with Crippen LogP contribution in [0.3, 0.4) is 0 Å². The van der Waals surface area contributed by atoms with Crippen LogP contribution in [0, 0.1) is 0 Å². The molecule has 0 atom stereocenters. The first kappa shape index (κ1) is 18.6. The molecule has 1 N–H and O–H groups in total. The van der Waals surface area contributed by atoms with Gasteiger partial charge in [0.05, 0.1) is 10.2 Å². The van der Waals surface area contributed by atoms with E-state index in [4.69, 9.17) is 9.47 Å². The SMILES string of the molecule is O=C1CCc2ccc(OCc3cccc(OCc4nc5ccccc5s4)c3)cc2N1. The summed E-state index contributed by atoms with van der Waals surface area (Å²) < 4.78 is 13.0. The third-order valence-electron chi connectivity index (χ3n) is 4.98. The van der Waals surface area contributed by atoms with Crippen LogP contribution < -0.4 is 14.8 Å². The highest BCUT2D eigenvalue weighted by Gasteiger charge is 2.15. The topological polar surface area (TPSA) is 60.5 Å². The van der Waals surface area contributed by atoms with Gasteiger partial charge in [-0.1, -0.05) is 30.3 Å². The van der Waals surface area contributed by atoms with E-state index in [1.165, 1.54) is 4.70 Å². The summed E-state index contributed by atoms with van der Waals surface area (Å²) in [6.07, 6.45) is 1.31. The monoisotopic (exact) mass is 416 g/mol. The van der Waals surface area contributed by atoms with Crippen molar-refractivity contribution in [2.75, 3.05) is 5.32 Å². The maximum Gasteiger partial charge on any atom is 0.224 e. The van der Waals surface area contributed by atoms with Crippen molar-refractivity contribution in [2.24, 2.45) is 0 Å². The molecule has 0 bridgehead atoms. The van der Waals surface area contributed by atoms with E-state index >= 15 is 0 Å². The third kappa shape index (κ3) is 4.14. The number of benzene rings is 3. The van der Waals surface area contributed by atoms with Crippen molar-refractivity contribution in [3.63, 3.8) is 0 Å². The lowest BCUT2D eigenvalue weighted by Gasteiger charge is -2.17. The van der Waals surface area contributed by atoms with Gasteiger partial charge in [-0.2, -0.15) is 0 Å². The molecule has 0 radical (unpaired) electrons. The molecule has 5 rings (SSSR count). The predicted molar refractivity (Wildman–Crippen MR) is 118 cm³/mol. The lowest BCUT2D eigenvalue weighted by atomic mass is 10.0. The van der Waals surface area contributed by atoms with Gasteiger partial charge in [0.1, 0.15) is 29.7 Å². The molecule has 0 spiro atoms. The minimum absolute atomic E-state index is 0.0534. The van der Waals surface area contributed by atoms with Gasteiger partial charge in [-0.3, -0.25) is 4.79 Å². The maximum absolute atomic E-state index is 11.6. The third-order valence-corrected chi connectivity index (χ3v) is 5.99. The molecule has 0 unspecified atom stereocenters. The number of hydrogen-bond acceptors (Lipinski definition) is 5. The van der Waals surface area contributed by atoms with Gasteiger partial charge in [0.15, 0.2) is 0 Å². The van der Waals surface area contributed by atoms with Gasteiger partial charge in [-0.25, -0.2) is 4.98 Å². The summed E-state index contributed by atoms with van der Waals surface area (Å²) in [6, 6.07) is 21.8. The Kier molecular flexibility index (Phi) is 5.07. The Hall–Kier alpha value is -3.38. The summed E-state index contributed by atoms with van der Waals surface area (Å²) in [5.74, 6) is 1.57. The number of ether oxygens (including phenoxy) is 2. The second kappa shape index (κ2) is 8.16. The molecule has 0 saturated heterocycles. The highest BCUT2D eigenvalue weighted by atomic mass is 32.1. The summed E-state index contributed by atoms with van der Waals surface area (Å²) >= 11 is 1.65. The molecule has 4 aromatic rings. The van der Waals surface area contributed by atoms with E-state index < -0.39 is 0 Å². The molecule has 1 amide bonds. The fraction of sp³-hybridized carbons (Fsp3) is 0.167. The number of amides is 1. The smallest absolute Gasteiger partial charge is 0.224 e. The Labute approximate surface area is 178 Å². The predicted octanol–water partition coefficient (Wildman–Crippen LogP) is 5.34. The largest absolute Gasteiger partial charge is 0.489 e. The fourth-order valence-electron chi connectivity index (χ4n) is 3.46. The van der Waals surface area contributed by atoms with Crippen LogP contribution in [0.2, 0.25) is 0 Å². The summed E-state index contributed by atoms with van der Waals surface area (Å²) in [6.45, 7) is 0.860. The standard InChI is InChI=1S/C24H20N2O3S/c27-23-11-9-17-8-10-19(13-21(17)25-23)28-14-16-4-3-5-18(12-16)29-15-24-26-20-6-1-2-7-22(20)30-24/h1-8,10,12-13H,9,11,14-15H2,(H,25,27). The quantitative estimate of drug-likeness (QED) is 0.461. The zero-order valence-corrected chi connectivity index (χ0v) is 17.1. The van der Waals surface area contributed by atoms with Crippen LogP contribution in [0.5, 0.6) is 11.5 Å². The van der Waals surface area contributed by atoms with Gasteiger partial charge in [-0.05, 0) is 47.9 Å². The van der Waals surface area contributed by atoms with E-state index in [0.717, 1.165) is 45.3 Å². The van der Waals surface area contributed by atoms with E-state index in [1.54, 1.807) is 11.3 Å². The van der Waals surface area contributed by atoms with Crippen LogP contribution >= 0.6 is 11.3 Å². The van der Waals surface area contributed by atoms with Crippen molar-refractivity contribution < 1.29 is 14.3 Å². The minimum Gasteiger partial charge on any atom is -0.489 e. The zero-order valence-electron chi connectivity index (χ0n) is 16.3. The summed E-state index contributed by atoms with van der Waals surface area (Å²) in [5.41, 5.74) is 4.01. The van der Waals surface area contributed by atoms with Gasteiger partial charge < -0.3 is 14.8 Å². The van der Waals surface area contributed by atoms with Crippen LogP contribution in [0.4, 0.5) is 5.69 Å². The van der Waals surface area contributed by atoms with E-state index in [9.17, 15) is 4.79 Å². The molecule has 0 saturated carbocycles. The van der Waals surface area contributed by atoms with E-state index in [1.807, 2.05) is 60.7 Å². The van der Waals surface area contributed by atoms with Gasteiger partial charge in [0.2, 0.25) is 5.91 Å². The van der Waals surface area contributed by atoms with Gasteiger partial charge in [0.25, 0.3) is 0 Å². The van der Waals surface area contributed by atoms with Crippen molar-refractivity contribution in [1.29, 1.82) is 0 Å². The van der Waals surface area contributed by atoms with Crippen molar-refractivity contribution >= 4 is 33.1 Å². The number of carbonyl (C=O) groups is 1. The number of anilines is 1. The highest BCUT2D eigenvalue weighted by Crippen LogP contribution is 2.28. The Morgan fingerprint density at radius 2 is 1.77 bits per heavy atom. The number of para-hydroxylation sites is 1. The first-order valence-electron chi connectivity index (χ1n) is 9.85. The summed E-state index contributed by atoms with van der Waals surface area (Å²) in [7, 11) is 0. The van der Waals surface area contributed by atoms with E-state index in [-0.39, 0.29) is 5.91 Å². The Morgan fingerprint density at radius 3 is 2.70 bits per heavy atom. The van der Waals surface area contributed by atoms with Crippen LogP contribution in [0.15, 0.2) is 66.7 Å². The lowest BCUT2D eigenvalue weighted by molar-refractivity contribution is -0.116. The molecule has 0 fully saturated rings. The van der Waals surface area contributed by atoms with Crippen LogP contribution in [-0.2, 0) is 24.4 Å². The van der Waals surface area contributed by atoms with Gasteiger partial charge >= 0.3 is 0 Å². The average Bonchev–Trinajstić information content (AvgIpc) is 3.19. The first-order chi connectivity index (χ1) is 14.7. The molecule has 5 nitrogen and oxygen atoms in total. The minimum atomic E-state index is 0.0534. The van der Waals surface area contributed by atoms with Crippen LogP contribution in [0.25, 0.3) is 10.2 Å². The number of carbonyl (C=O) groups excluding carboxylic acids is 1. The molecule has 150 valence electrons. The number of fused-ring (bicyclic) bond motifs is 2. The molecule has 2 heterocycles. The summed E-state index contributed by atoms with van der Waals surface area (Å²) in [5, 5.41) is 3.86. The number of nitrogens with one attached hydrogen (secondary N) is 1. The lowest BCUT2D eigenvalue weighted by Crippen LogP contribution is -2.18. The Bertz CT molecular complexity index is 1190. The fourth-order valence-corrected chi connectivity index (χ4v) is 4.34. The number of aryl methyl sites for hydroxylation is 1. The second-order valence-electron chi connectivity index (χ2n) is 7.17. The Morgan fingerprint density at radius 1 is 0.900 bits per heavy atom. The molecule has 30 heavy (non-hydrogen) atoms. The normalized spacial score (nSPS) is 13.0. The van der Waals surface area contributed by atoms with Crippen molar-refractivity contribution in [3.8, 4) is 11.5 Å². The highest BCUT2D eigenvalue weighted by molar-refractivity contribution is 7.18. The Balaban J connectivity index is 1.22. The van der Waals surface area contributed by atoms with Gasteiger partial charge in [-0.15, -0.1) is 11.3 Å². The average molecular weight is 417 g/mol. The van der Waals surface area contributed by atoms with Crippen LogP contribution in [0.1, 0.15) is 22.6 Å². The number of nitrogens with zero attached hydrogens (tertiary/aromatic N) is 1. The van der Waals surface area contributed by atoms with Crippen molar-refractivity contribution in [3.05, 3.63) is 82.9 Å². The van der Waals surface area contributed by atoms with E-state index in [0.29, 0.717) is 19.6 Å². The molecular formula is C24H20N2O3S. The number of thiazole rings is 1. The van der Waals surface area contributed by atoms with E-state index in [2.05, 4.69) is 16.4 Å². The van der Waals surface area contributed by atoms with Crippen molar-refractivity contribution in [2.45, 2.75) is 26.1 Å². The molecule has 1 aromatic heterocycles. The zero-order chi connectivity index (χ0) is 20.3. The summed E-state index contributed by atoms with van der Waals surface area (Å²) in [4.78, 5) is 16.2. The number of rotatable bonds is 6. The molecule has 6 heteroatoms. The number of hydrogen-bond donors (Lipinski definition) is 1.